The van der Waals surface area contributed by atoms with Crippen molar-refractivity contribution in [2.45, 2.75) is 11.9 Å². The van der Waals surface area contributed by atoms with Crippen LogP contribution in [-0.4, -0.2) is 28.1 Å². The second-order valence-electron chi connectivity index (χ2n) is 1.56. The Morgan fingerprint density at radius 2 is 1.70 bits per heavy atom. The molecule has 0 N–H and O–H groups in total. The summed E-state index contributed by atoms with van der Waals surface area (Å²) in [5.74, 6) is -0.417. The summed E-state index contributed by atoms with van der Waals surface area (Å²) in [6.45, 7) is 0. The van der Waals surface area contributed by atoms with Crippen LogP contribution in [0.1, 0.15) is 6.42 Å². The Hall–Kier alpha value is -0.170. The van der Waals surface area contributed by atoms with Gasteiger partial charge in [-0.2, -0.15) is 0 Å². The highest BCUT2D eigenvalue weighted by Gasteiger charge is 2.08. The maximum Gasteiger partial charge on any atom is 0.199 e. The van der Waals surface area contributed by atoms with Crippen molar-refractivity contribution in [2.75, 3.05) is 5.75 Å². The van der Waals surface area contributed by atoms with Gasteiger partial charge in [0, 0.05) is 6.42 Å². The van der Waals surface area contributed by atoms with Crippen LogP contribution >= 0.6 is 0 Å². The fraction of sp³-hybridized carbons (Fsp3) is 1.00. The van der Waals surface area contributed by atoms with E-state index in [0.717, 1.165) is 0 Å². The highest BCUT2D eigenvalue weighted by molar-refractivity contribution is 7.73. The zero-order valence-electron chi connectivity index (χ0n) is 4.90. The minimum absolute atomic E-state index is 0.417. The van der Waals surface area contributed by atoms with Crippen molar-refractivity contribution in [3.8, 4) is 0 Å². The van der Waals surface area contributed by atoms with E-state index in [1.165, 1.54) is 0 Å². The summed E-state index contributed by atoms with van der Waals surface area (Å²) in [4.78, 5) is 0. The van der Waals surface area contributed by atoms with Crippen LogP contribution in [0.2, 0.25) is 0 Å². The predicted molar refractivity (Wildman–Crippen MR) is 35.0 cm³/mol. The molecule has 1 unspecified atom stereocenters. The topological polar surface area (TPSA) is 68.3 Å². The third kappa shape index (κ3) is 4.68. The van der Waals surface area contributed by atoms with E-state index in [9.17, 15) is 21.2 Å². The molecule has 0 aromatic rings. The van der Waals surface area contributed by atoms with Crippen LogP contribution in [0.3, 0.4) is 0 Å². The normalized spacial score (nSPS) is 14.3. The number of halogens is 1. The fourth-order valence-electron chi connectivity index (χ4n) is 0.317. The quantitative estimate of drug-likeness (QED) is 0.552. The monoisotopic (exact) mass is 190 g/mol. The first-order valence-electron chi connectivity index (χ1n) is 2.43. The van der Waals surface area contributed by atoms with Crippen LogP contribution in [0.15, 0.2) is 0 Å². The van der Waals surface area contributed by atoms with Gasteiger partial charge in [-0.1, -0.05) is 0 Å². The summed E-state index contributed by atoms with van der Waals surface area (Å²) < 4.78 is 51.2. The van der Waals surface area contributed by atoms with Crippen molar-refractivity contribution in [3.05, 3.63) is 0 Å². The minimum atomic E-state index is -3.13. The summed E-state index contributed by atoms with van der Waals surface area (Å²) in [5, 5.41) is 0. The molecule has 0 amide bonds. The lowest BCUT2D eigenvalue weighted by Gasteiger charge is -1.92. The molecule has 0 aliphatic heterocycles. The van der Waals surface area contributed by atoms with Crippen LogP contribution in [0.5, 0.6) is 0 Å². The van der Waals surface area contributed by atoms with Crippen LogP contribution in [0, 0.1) is 0 Å². The van der Waals surface area contributed by atoms with Crippen molar-refractivity contribution in [2.24, 2.45) is 0 Å². The minimum Gasteiger partial charge on any atom is -0.232 e. The Labute approximate surface area is 60.9 Å². The average Bonchev–Trinajstić information content (AvgIpc) is 1.82. The maximum absolute atomic E-state index is 12.0. The maximum atomic E-state index is 12.0. The molecule has 0 bridgehead atoms. The summed E-state index contributed by atoms with van der Waals surface area (Å²) in [6.07, 6.45) is -0.461. The Morgan fingerprint density at radius 1 is 1.20 bits per heavy atom. The third-order valence-electron chi connectivity index (χ3n) is 0.779. The molecule has 0 saturated carbocycles. The lowest BCUT2D eigenvalue weighted by Crippen LogP contribution is -2.05. The van der Waals surface area contributed by atoms with Gasteiger partial charge in [-0.3, -0.25) is 0 Å². The molecule has 0 aromatic carbocycles. The number of alkyl halides is 1. The molecule has 0 aliphatic carbocycles. The molecule has 4 nitrogen and oxygen atoms in total. The van der Waals surface area contributed by atoms with E-state index in [0.29, 0.717) is 0 Å². The molecule has 7 heteroatoms. The number of thiol groups is 2. The number of hydrogen-bond donors (Lipinski definition) is 2. The lowest BCUT2D eigenvalue weighted by molar-refractivity contribution is 0.419. The molecule has 0 aromatic heterocycles. The van der Waals surface area contributed by atoms with Crippen molar-refractivity contribution < 1.29 is 21.2 Å². The molecule has 0 saturated heterocycles. The zero-order valence-corrected chi connectivity index (χ0v) is 6.69. The van der Waals surface area contributed by atoms with E-state index < -0.39 is 39.1 Å². The number of rotatable bonds is 4. The highest BCUT2D eigenvalue weighted by atomic mass is 32.2. The van der Waals surface area contributed by atoms with Gasteiger partial charge in [0.15, 0.2) is 16.2 Å². The molecule has 0 fully saturated rings. The van der Waals surface area contributed by atoms with E-state index in [1.54, 1.807) is 0 Å². The van der Waals surface area contributed by atoms with Crippen molar-refractivity contribution in [1.82, 2.24) is 0 Å². The van der Waals surface area contributed by atoms with Crippen LogP contribution in [-0.2, 0) is 21.4 Å². The molecule has 62 valence electrons. The van der Waals surface area contributed by atoms with Gasteiger partial charge < -0.3 is 0 Å². The van der Waals surface area contributed by atoms with Gasteiger partial charge in [0.1, 0.15) is 10.7 Å². The van der Waals surface area contributed by atoms with Crippen LogP contribution < -0.4 is 0 Å². The number of hydrogen-bond acceptors (Lipinski definition) is 4. The predicted octanol–water partition coefficient (Wildman–Crippen LogP) is -1.11. The van der Waals surface area contributed by atoms with E-state index in [-0.39, 0.29) is 0 Å². The second-order valence-corrected chi connectivity index (χ2v) is 3.81. The largest absolute Gasteiger partial charge is 0.232 e. The molecular formula is C3H7FO4S2. The molecule has 0 rings (SSSR count). The molecule has 0 spiro atoms. The van der Waals surface area contributed by atoms with Gasteiger partial charge in [-0.25, -0.2) is 21.2 Å². The van der Waals surface area contributed by atoms with Gasteiger partial charge in [0.25, 0.3) is 0 Å². The SMILES string of the molecule is O=[SH](=O)CCC(F)[SH](=O)=O. The molecular weight excluding hydrogens is 183 g/mol. The van der Waals surface area contributed by atoms with E-state index >= 15 is 0 Å². The first kappa shape index (κ1) is 9.83. The molecule has 1 atom stereocenters. The molecule has 0 radical (unpaired) electrons. The first-order valence-corrected chi connectivity index (χ1v) is 5.04. The van der Waals surface area contributed by atoms with Gasteiger partial charge >= 0.3 is 0 Å². The van der Waals surface area contributed by atoms with Crippen LogP contribution in [0.4, 0.5) is 4.39 Å². The standard InChI is InChI=1S/C3H7FO4S2/c4-3(10(7)8)1-2-9(5)6/h3,9-10H,1-2H2. The third-order valence-corrected chi connectivity index (χ3v) is 2.12. The molecule has 0 aliphatic rings. The zero-order chi connectivity index (χ0) is 8.15. The fourth-order valence-corrected chi connectivity index (χ4v) is 1.30. The Kier molecular flexibility index (Phi) is 4.54. The average molecular weight is 190 g/mol. The van der Waals surface area contributed by atoms with Crippen molar-refractivity contribution in [3.63, 3.8) is 0 Å². The van der Waals surface area contributed by atoms with Crippen molar-refractivity contribution in [1.29, 1.82) is 0 Å². The lowest BCUT2D eigenvalue weighted by atomic mass is 10.5. The summed E-state index contributed by atoms with van der Waals surface area (Å²) in [6, 6.07) is 0. The van der Waals surface area contributed by atoms with E-state index in [2.05, 4.69) is 0 Å². The van der Waals surface area contributed by atoms with Gasteiger partial charge in [-0.05, 0) is 0 Å². The molecule has 10 heavy (non-hydrogen) atoms. The Bertz CT molecular complexity index is 215. The summed E-state index contributed by atoms with van der Waals surface area (Å²) in [7, 11) is -5.79. The van der Waals surface area contributed by atoms with Gasteiger partial charge in [0.2, 0.25) is 0 Å². The van der Waals surface area contributed by atoms with E-state index in [1.807, 2.05) is 0 Å². The highest BCUT2D eigenvalue weighted by Crippen LogP contribution is 1.97. The van der Waals surface area contributed by atoms with Gasteiger partial charge in [0.05, 0.1) is 5.75 Å². The van der Waals surface area contributed by atoms with Gasteiger partial charge in [-0.15, -0.1) is 0 Å². The first-order chi connectivity index (χ1) is 4.54. The smallest absolute Gasteiger partial charge is 0.199 e. The van der Waals surface area contributed by atoms with Crippen molar-refractivity contribution >= 4 is 21.4 Å². The Morgan fingerprint density at radius 3 is 2.00 bits per heavy atom. The Balaban J connectivity index is 3.70. The van der Waals surface area contributed by atoms with E-state index in [4.69, 9.17) is 0 Å². The summed E-state index contributed by atoms with van der Waals surface area (Å²) >= 11 is 0. The second kappa shape index (κ2) is 4.62. The summed E-state index contributed by atoms with van der Waals surface area (Å²) in [5.41, 5.74) is -2.03. The van der Waals surface area contributed by atoms with Crippen LogP contribution in [0.25, 0.3) is 0 Å². The molecule has 0 heterocycles.